The molecule has 2 rings (SSSR count). The molecule has 2 nitrogen and oxygen atoms in total. The van der Waals surface area contributed by atoms with Gasteiger partial charge in [0.05, 0.1) is 0 Å². The molecule has 1 aromatic rings. The molecule has 5 heteroatoms. The van der Waals surface area contributed by atoms with E-state index in [1.807, 2.05) is 0 Å². The van der Waals surface area contributed by atoms with Crippen molar-refractivity contribution in [3.63, 3.8) is 0 Å². The number of benzene rings is 1. The van der Waals surface area contributed by atoms with E-state index in [9.17, 15) is 8.78 Å². The van der Waals surface area contributed by atoms with Crippen LogP contribution in [0, 0.1) is 17.0 Å². The summed E-state index contributed by atoms with van der Waals surface area (Å²) in [5.74, 6) is -1.29. The highest BCUT2D eigenvalue weighted by Crippen LogP contribution is 2.49. The maximum Gasteiger partial charge on any atom is 0.150 e. The molecular weight excluding hydrogens is 266 g/mol. The van der Waals surface area contributed by atoms with Crippen LogP contribution in [0.4, 0.5) is 14.5 Å². The van der Waals surface area contributed by atoms with E-state index in [1.165, 1.54) is 12.1 Å². The Kier molecular flexibility index (Phi) is 4.04. The summed E-state index contributed by atoms with van der Waals surface area (Å²) in [5.41, 5.74) is 5.74. The zero-order valence-corrected chi connectivity index (χ0v) is 11.7. The van der Waals surface area contributed by atoms with Gasteiger partial charge in [-0.1, -0.05) is 25.6 Å². The van der Waals surface area contributed by atoms with Gasteiger partial charge in [-0.05, 0) is 36.8 Å². The molecular formula is C14H18F2N2S. The first-order valence-electron chi connectivity index (χ1n) is 6.50. The molecule has 0 bridgehead atoms. The molecule has 1 aromatic carbocycles. The highest BCUT2D eigenvalue weighted by atomic mass is 32.1. The largest absolute Gasteiger partial charge is 0.389 e. The van der Waals surface area contributed by atoms with Gasteiger partial charge in [0, 0.05) is 12.1 Å². The molecule has 0 saturated heterocycles. The van der Waals surface area contributed by atoms with Crippen LogP contribution in [0.2, 0.25) is 0 Å². The maximum atomic E-state index is 13.8. The normalized spacial score (nSPS) is 16.2. The predicted octanol–water partition coefficient (Wildman–Crippen LogP) is 3.59. The van der Waals surface area contributed by atoms with E-state index in [4.69, 9.17) is 18.0 Å². The van der Waals surface area contributed by atoms with Crippen molar-refractivity contribution in [1.29, 1.82) is 0 Å². The first kappa shape index (κ1) is 14.2. The molecule has 1 saturated carbocycles. The molecule has 0 amide bonds. The minimum atomic E-state index is -0.643. The van der Waals surface area contributed by atoms with Gasteiger partial charge in [-0.15, -0.1) is 0 Å². The van der Waals surface area contributed by atoms with Crippen LogP contribution in [0.25, 0.3) is 0 Å². The lowest BCUT2D eigenvalue weighted by Crippen LogP contribution is -2.18. The van der Waals surface area contributed by atoms with Crippen LogP contribution in [-0.2, 0) is 0 Å². The van der Waals surface area contributed by atoms with E-state index in [0.29, 0.717) is 6.54 Å². The first-order valence-corrected chi connectivity index (χ1v) is 6.91. The van der Waals surface area contributed by atoms with Crippen molar-refractivity contribution >= 4 is 22.9 Å². The average molecular weight is 284 g/mol. The van der Waals surface area contributed by atoms with Crippen LogP contribution in [0.15, 0.2) is 12.1 Å². The zero-order chi connectivity index (χ0) is 14.0. The highest BCUT2D eigenvalue weighted by Gasteiger charge is 2.41. The van der Waals surface area contributed by atoms with E-state index in [-0.39, 0.29) is 21.7 Å². The molecule has 1 aliphatic rings. The fourth-order valence-electron chi connectivity index (χ4n) is 2.38. The van der Waals surface area contributed by atoms with Crippen LogP contribution >= 0.6 is 12.2 Å². The van der Waals surface area contributed by atoms with Crippen molar-refractivity contribution in [1.82, 2.24) is 0 Å². The van der Waals surface area contributed by atoms with Crippen LogP contribution in [0.1, 0.15) is 38.2 Å². The predicted molar refractivity (Wildman–Crippen MR) is 77.3 cm³/mol. The second-order valence-electron chi connectivity index (χ2n) is 5.28. The van der Waals surface area contributed by atoms with E-state index in [1.54, 1.807) is 0 Å². The summed E-state index contributed by atoms with van der Waals surface area (Å²) in [6.07, 6.45) is 4.44. The van der Waals surface area contributed by atoms with Crippen molar-refractivity contribution in [2.75, 3.05) is 11.9 Å². The molecule has 0 unspecified atom stereocenters. The molecule has 0 atom stereocenters. The number of hydrogen-bond donors (Lipinski definition) is 2. The third-order valence-electron chi connectivity index (χ3n) is 3.70. The standard InChI is InChI=1S/C14H18F2N2S/c1-2-3-14(4-5-14)8-18-12-10(15)6-9(13(17)19)7-11(12)16/h6-7,18H,2-5,8H2,1H3,(H2,17,19). The average Bonchev–Trinajstić information content (AvgIpc) is 3.08. The van der Waals surface area contributed by atoms with Gasteiger partial charge in [0.15, 0.2) is 0 Å². The van der Waals surface area contributed by atoms with Gasteiger partial charge in [-0.2, -0.15) is 0 Å². The fourth-order valence-corrected chi connectivity index (χ4v) is 2.50. The van der Waals surface area contributed by atoms with Gasteiger partial charge in [0.2, 0.25) is 0 Å². The third-order valence-corrected chi connectivity index (χ3v) is 3.94. The van der Waals surface area contributed by atoms with Crippen LogP contribution in [-0.4, -0.2) is 11.5 Å². The molecule has 0 aliphatic heterocycles. The van der Waals surface area contributed by atoms with Crippen molar-refractivity contribution in [2.45, 2.75) is 32.6 Å². The Hall–Kier alpha value is -1.23. The van der Waals surface area contributed by atoms with Crippen molar-refractivity contribution in [3.05, 3.63) is 29.3 Å². The van der Waals surface area contributed by atoms with Crippen molar-refractivity contribution in [3.8, 4) is 0 Å². The summed E-state index contributed by atoms with van der Waals surface area (Å²) in [6, 6.07) is 2.35. The maximum absolute atomic E-state index is 13.8. The van der Waals surface area contributed by atoms with Gasteiger partial charge in [-0.3, -0.25) is 0 Å². The van der Waals surface area contributed by atoms with Crippen LogP contribution < -0.4 is 11.1 Å². The summed E-state index contributed by atoms with van der Waals surface area (Å²) in [5, 5.41) is 2.90. The Morgan fingerprint density at radius 3 is 2.37 bits per heavy atom. The Labute approximate surface area is 117 Å². The Morgan fingerprint density at radius 1 is 1.37 bits per heavy atom. The van der Waals surface area contributed by atoms with Crippen molar-refractivity contribution < 1.29 is 8.78 Å². The van der Waals surface area contributed by atoms with Crippen LogP contribution in [0.3, 0.4) is 0 Å². The Morgan fingerprint density at radius 2 is 1.95 bits per heavy atom. The number of thiocarbonyl (C=S) groups is 1. The van der Waals surface area contributed by atoms with E-state index < -0.39 is 11.6 Å². The Balaban J connectivity index is 2.11. The highest BCUT2D eigenvalue weighted by molar-refractivity contribution is 7.80. The summed E-state index contributed by atoms with van der Waals surface area (Å²) in [6.45, 7) is 2.74. The molecule has 0 radical (unpaired) electrons. The molecule has 0 heterocycles. The number of anilines is 1. The molecule has 0 spiro atoms. The van der Waals surface area contributed by atoms with Gasteiger partial charge < -0.3 is 11.1 Å². The molecule has 3 N–H and O–H groups in total. The first-order chi connectivity index (χ1) is 8.97. The topological polar surface area (TPSA) is 38.0 Å². The minimum Gasteiger partial charge on any atom is -0.389 e. The summed E-state index contributed by atoms with van der Waals surface area (Å²) >= 11 is 4.72. The van der Waals surface area contributed by atoms with E-state index in [0.717, 1.165) is 25.7 Å². The number of nitrogens with two attached hydrogens (primary N) is 1. The minimum absolute atomic E-state index is 0.00556. The van der Waals surface area contributed by atoms with Gasteiger partial charge in [-0.25, -0.2) is 8.78 Å². The van der Waals surface area contributed by atoms with Crippen molar-refractivity contribution in [2.24, 2.45) is 11.1 Å². The lowest BCUT2D eigenvalue weighted by atomic mass is 10.0. The van der Waals surface area contributed by atoms with Gasteiger partial charge in [0.25, 0.3) is 0 Å². The lowest BCUT2D eigenvalue weighted by molar-refractivity contribution is 0.481. The molecule has 19 heavy (non-hydrogen) atoms. The lowest BCUT2D eigenvalue weighted by Gasteiger charge is -2.17. The second kappa shape index (κ2) is 5.41. The fraction of sp³-hybridized carbons (Fsp3) is 0.500. The van der Waals surface area contributed by atoms with Gasteiger partial charge >= 0.3 is 0 Å². The monoisotopic (exact) mass is 284 g/mol. The van der Waals surface area contributed by atoms with E-state index in [2.05, 4.69) is 12.2 Å². The Bertz CT molecular complexity index is 475. The quantitative estimate of drug-likeness (QED) is 0.784. The van der Waals surface area contributed by atoms with E-state index >= 15 is 0 Å². The number of rotatable bonds is 6. The summed E-state index contributed by atoms with van der Waals surface area (Å²) in [7, 11) is 0. The smallest absolute Gasteiger partial charge is 0.150 e. The van der Waals surface area contributed by atoms with Gasteiger partial charge in [0.1, 0.15) is 22.3 Å². The zero-order valence-electron chi connectivity index (χ0n) is 10.9. The molecule has 0 aromatic heterocycles. The van der Waals surface area contributed by atoms with Crippen LogP contribution in [0.5, 0.6) is 0 Å². The summed E-state index contributed by atoms with van der Waals surface area (Å²) < 4.78 is 27.7. The molecule has 1 aliphatic carbocycles. The SMILES string of the molecule is CCCC1(CNc2c(F)cc(C(N)=S)cc2F)CC1. The third kappa shape index (κ3) is 3.21. The number of halogens is 2. The second-order valence-corrected chi connectivity index (χ2v) is 5.72. The molecule has 104 valence electrons. The molecule has 1 fully saturated rings. The number of hydrogen-bond acceptors (Lipinski definition) is 2. The number of nitrogens with one attached hydrogen (secondary N) is 1. The summed E-state index contributed by atoms with van der Waals surface area (Å²) in [4.78, 5) is -0.00556.